The number of halogens is 1. The molecule has 1 heterocycles. The number of esters is 1. The van der Waals surface area contributed by atoms with Gasteiger partial charge < -0.3 is 10.1 Å². The fourth-order valence-electron chi connectivity index (χ4n) is 2.32. The topological polar surface area (TPSA) is 51.2 Å². The predicted molar refractivity (Wildman–Crippen MR) is 87.4 cm³/mol. The number of nitrogens with zero attached hydrogens (tertiary/aromatic N) is 1. The van der Waals surface area contributed by atoms with E-state index in [9.17, 15) is 9.18 Å². The maximum Gasteiger partial charge on any atom is 0.341 e. The Morgan fingerprint density at radius 1 is 1.17 bits per heavy atom. The number of carbonyl (C=O) groups is 1. The van der Waals surface area contributed by atoms with Crippen molar-refractivity contribution < 1.29 is 13.9 Å². The zero-order valence-corrected chi connectivity index (χ0v) is 12.5. The van der Waals surface area contributed by atoms with Crippen molar-refractivity contribution in [2.24, 2.45) is 0 Å². The van der Waals surface area contributed by atoms with Crippen LogP contribution in [0.1, 0.15) is 17.3 Å². The van der Waals surface area contributed by atoms with E-state index in [-0.39, 0.29) is 12.4 Å². The van der Waals surface area contributed by atoms with E-state index in [4.69, 9.17) is 4.74 Å². The van der Waals surface area contributed by atoms with Crippen molar-refractivity contribution in [2.45, 2.75) is 6.92 Å². The largest absolute Gasteiger partial charge is 0.462 e. The highest BCUT2D eigenvalue weighted by Crippen LogP contribution is 2.29. The standard InChI is InChI=1S/C18H15FN2O2/c1-2-23-18(22)15-11-20-16-6-4-3-5-14(16)17(15)21-13-9-7-12(19)8-10-13/h3-11H,2H2,1H3,(H,20,21). The van der Waals surface area contributed by atoms with Crippen LogP contribution < -0.4 is 5.32 Å². The molecule has 0 amide bonds. The first kappa shape index (κ1) is 15.0. The molecule has 0 saturated heterocycles. The van der Waals surface area contributed by atoms with Gasteiger partial charge in [-0.3, -0.25) is 4.98 Å². The Bertz CT molecular complexity index is 847. The van der Waals surface area contributed by atoms with Crippen LogP contribution in [-0.4, -0.2) is 17.6 Å². The van der Waals surface area contributed by atoms with Gasteiger partial charge in [0, 0.05) is 17.3 Å². The van der Waals surface area contributed by atoms with Crippen LogP contribution in [0.3, 0.4) is 0 Å². The summed E-state index contributed by atoms with van der Waals surface area (Å²) in [5, 5.41) is 3.97. The number of pyridine rings is 1. The van der Waals surface area contributed by atoms with Crippen molar-refractivity contribution in [1.29, 1.82) is 0 Å². The maximum atomic E-state index is 13.1. The molecule has 4 nitrogen and oxygen atoms in total. The molecule has 23 heavy (non-hydrogen) atoms. The number of carbonyl (C=O) groups excluding carboxylic acids is 1. The zero-order chi connectivity index (χ0) is 16.2. The van der Waals surface area contributed by atoms with Gasteiger partial charge in [-0.25, -0.2) is 9.18 Å². The molecule has 0 fully saturated rings. The fourth-order valence-corrected chi connectivity index (χ4v) is 2.32. The van der Waals surface area contributed by atoms with Gasteiger partial charge in [0.2, 0.25) is 0 Å². The minimum Gasteiger partial charge on any atom is -0.462 e. The Hall–Kier alpha value is -2.95. The molecule has 0 aliphatic carbocycles. The van der Waals surface area contributed by atoms with Crippen molar-refractivity contribution in [2.75, 3.05) is 11.9 Å². The van der Waals surface area contributed by atoms with Gasteiger partial charge in [-0.15, -0.1) is 0 Å². The molecule has 2 aromatic carbocycles. The van der Waals surface area contributed by atoms with E-state index in [1.165, 1.54) is 18.3 Å². The van der Waals surface area contributed by atoms with Crippen molar-refractivity contribution in [3.63, 3.8) is 0 Å². The number of fused-ring (bicyclic) bond motifs is 1. The summed E-state index contributed by atoms with van der Waals surface area (Å²) >= 11 is 0. The number of rotatable bonds is 4. The highest BCUT2D eigenvalue weighted by Gasteiger charge is 2.16. The molecule has 0 atom stereocenters. The van der Waals surface area contributed by atoms with E-state index >= 15 is 0 Å². The number of ether oxygens (including phenoxy) is 1. The van der Waals surface area contributed by atoms with Gasteiger partial charge >= 0.3 is 5.97 Å². The lowest BCUT2D eigenvalue weighted by Gasteiger charge is -2.14. The molecule has 0 aliphatic rings. The molecular weight excluding hydrogens is 295 g/mol. The van der Waals surface area contributed by atoms with Crippen LogP contribution in [0.15, 0.2) is 54.7 Å². The number of aromatic nitrogens is 1. The van der Waals surface area contributed by atoms with Gasteiger partial charge in [0.1, 0.15) is 11.4 Å². The van der Waals surface area contributed by atoms with Crippen molar-refractivity contribution >= 4 is 28.2 Å². The molecule has 0 spiro atoms. The number of anilines is 2. The van der Waals surface area contributed by atoms with E-state index in [1.54, 1.807) is 19.1 Å². The van der Waals surface area contributed by atoms with Crippen molar-refractivity contribution in [3.05, 3.63) is 66.1 Å². The molecule has 3 rings (SSSR count). The summed E-state index contributed by atoms with van der Waals surface area (Å²) in [4.78, 5) is 16.5. The SMILES string of the molecule is CCOC(=O)c1cnc2ccccc2c1Nc1ccc(F)cc1. The molecule has 116 valence electrons. The molecule has 5 heteroatoms. The average Bonchev–Trinajstić information content (AvgIpc) is 2.57. The molecule has 1 aromatic heterocycles. The Morgan fingerprint density at radius 3 is 2.65 bits per heavy atom. The third kappa shape index (κ3) is 3.13. The van der Waals surface area contributed by atoms with Crippen molar-refractivity contribution in [1.82, 2.24) is 4.98 Å². The smallest absolute Gasteiger partial charge is 0.341 e. The van der Waals surface area contributed by atoms with Crippen LogP contribution in [-0.2, 0) is 4.74 Å². The number of benzene rings is 2. The fraction of sp³-hybridized carbons (Fsp3) is 0.111. The number of hydrogen-bond acceptors (Lipinski definition) is 4. The highest BCUT2D eigenvalue weighted by atomic mass is 19.1. The summed E-state index contributed by atoms with van der Waals surface area (Å²) < 4.78 is 18.2. The molecule has 0 bridgehead atoms. The molecule has 0 unspecified atom stereocenters. The van der Waals surface area contributed by atoms with Gasteiger partial charge in [0.25, 0.3) is 0 Å². The van der Waals surface area contributed by atoms with E-state index in [2.05, 4.69) is 10.3 Å². The molecule has 0 radical (unpaired) electrons. The highest BCUT2D eigenvalue weighted by molar-refractivity contribution is 6.05. The van der Waals surface area contributed by atoms with E-state index < -0.39 is 5.97 Å². The van der Waals surface area contributed by atoms with Gasteiger partial charge in [0.05, 0.1) is 17.8 Å². The minimum atomic E-state index is -0.449. The number of hydrogen-bond donors (Lipinski definition) is 1. The summed E-state index contributed by atoms with van der Waals surface area (Å²) in [5.41, 5.74) is 2.37. The summed E-state index contributed by atoms with van der Waals surface area (Å²) in [6.07, 6.45) is 1.49. The first-order valence-corrected chi connectivity index (χ1v) is 7.26. The molecule has 1 N–H and O–H groups in total. The lowest BCUT2D eigenvalue weighted by atomic mass is 10.1. The maximum absolute atomic E-state index is 13.1. The first-order valence-electron chi connectivity index (χ1n) is 7.26. The van der Waals surface area contributed by atoms with Crippen molar-refractivity contribution in [3.8, 4) is 0 Å². The normalized spacial score (nSPS) is 10.5. The van der Waals surface area contributed by atoms with Crippen LogP contribution in [0.5, 0.6) is 0 Å². The zero-order valence-electron chi connectivity index (χ0n) is 12.5. The molecule has 3 aromatic rings. The number of nitrogens with one attached hydrogen (secondary N) is 1. The van der Waals surface area contributed by atoms with Crippen LogP contribution in [0.25, 0.3) is 10.9 Å². The summed E-state index contributed by atoms with van der Waals surface area (Å²) in [6, 6.07) is 13.4. The third-order valence-electron chi connectivity index (χ3n) is 3.38. The van der Waals surface area contributed by atoms with Gasteiger partial charge in [-0.2, -0.15) is 0 Å². The van der Waals surface area contributed by atoms with Crippen LogP contribution in [0.2, 0.25) is 0 Å². The Labute approximate surface area is 132 Å². The van der Waals surface area contributed by atoms with Crippen LogP contribution in [0.4, 0.5) is 15.8 Å². The number of para-hydroxylation sites is 1. The van der Waals surface area contributed by atoms with Gasteiger partial charge in [-0.1, -0.05) is 18.2 Å². The minimum absolute atomic E-state index is 0.279. The second-order valence-electron chi connectivity index (χ2n) is 4.92. The second-order valence-corrected chi connectivity index (χ2v) is 4.92. The summed E-state index contributed by atoms with van der Waals surface area (Å²) in [5.74, 6) is -0.767. The molecule has 0 aliphatic heterocycles. The van der Waals surface area contributed by atoms with E-state index in [0.717, 1.165) is 10.9 Å². The van der Waals surface area contributed by atoms with Crippen LogP contribution >= 0.6 is 0 Å². The molecule has 0 saturated carbocycles. The Balaban J connectivity index is 2.12. The second kappa shape index (κ2) is 6.44. The quantitative estimate of drug-likeness (QED) is 0.730. The first-order chi connectivity index (χ1) is 11.2. The third-order valence-corrected chi connectivity index (χ3v) is 3.38. The lowest BCUT2D eigenvalue weighted by Crippen LogP contribution is -2.09. The van der Waals surface area contributed by atoms with Gasteiger partial charge in [0.15, 0.2) is 0 Å². The summed E-state index contributed by atoms with van der Waals surface area (Å²) in [7, 11) is 0. The van der Waals surface area contributed by atoms with E-state index in [1.807, 2.05) is 24.3 Å². The monoisotopic (exact) mass is 310 g/mol. The average molecular weight is 310 g/mol. The van der Waals surface area contributed by atoms with E-state index in [0.29, 0.717) is 16.9 Å². The Morgan fingerprint density at radius 2 is 1.91 bits per heavy atom. The van der Waals surface area contributed by atoms with Crippen LogP contribution in [0, 0.1) is 5.82 Å². The predicted octanol–water partition coefficient (Wildman–Crippen LogP) is 4.29. The lowest BCUT2D eigenvalue weighted by molar-refractivity contribution is 0.0527. The summed E-state index contributed by atoms with van der Waals surface area (Å²) in [6.45, 7) is 2.03. The van der Waals surface area contributed by atoms with Gasteiger partial charge in [-0.05, 0) is 37.3 Å². The Kier molecular flexibility index (Phi) is 4.19. The molecular formula is C18H15FN2O2.